The van der Waals surface area contributed by atoms with Crippen LogP contribution in [0, 0.1) is 12.3 Å². The van der Waals surface area contributed by atoms with Crippen LogP contribution in [0.15, 0.2) is 24.5 Å². The van der Waals surface area contributed by atoms with Gasteiger partial charge in [-0.1, -0.05) is 11.6 Å². The van der Waals surface area contributed by atoms with Gasteiger partial charge in [0.1, 0.15) is 0 Å². The van der Waals surface area contributed by atoms with E-state index in [4.69, 9.17) is 25.8 Å². The second-order valence-corrected chi connectivity index (χ2v) is 8.26. The van der Waals surface area contributed by atoms with E-state index < -0.39 is 6.61 Å². The molecule has 166 valence electrons. The molecular weight excluding hydrogens is 432 g/mol. The van der Waals surface area contributed by atoms with Gasteiger partial charge in [0, 0.05) is 37.4 Å². The number of Topliss-reactive ketones (excluding diaryl/α,β-unsaturated/α-hetero) is 1. The van der Waals surface area contributed by atoms with Gasteiger partial charge in [-0.15, -0.1) is 0 Å². The monoisotopic (exact) mass is 453 g/mol. The molecule has 31 heavy (non-hydrogen) atoms. The second kappa shape index (κ2) is 8.96. The van der Waals surface area contributed by atoms with Crippen molar-refractivity contribution in [3.05, 3.63) is 46.2 Å². The Bertz CT molecular complexity index is 958. The molecule has 1 fully saturated rings. The van der Waals surface area contributed by atoms with Gasteiger partial charge in [0.2, 0.25) is 5.75 Å². The van der Waals surface area contributed by atoms with Gasteiger partial charge in [-0.25, -0.2) is 0 Å². The molecule has 0 saturated carbocycles. The fourth-order valence-corrected chi connectivity index (χ4v) is 4.13. The molecule has 6 nitrogen and oxygen atoms in total. The number of hydrogen-bond acceptors (Lipinski definition) is 6. The largest absolute Gasteiger partial charge is 0.488 e. The minimum Gasteiger partial charge on any atom is -0.488 e. The number of alkyl halides is 2. The van der Waals surface area contributed by atoms with Gasteiger partial charge >= 0.3 is 6.61 Å². The van der Waals surface area contributed by atoms with Gasteiger partial charge in [0.05, 0.1) is 23.8 Å². The molecule has 0 atom stereocenters. The maximum atomic E-state index is 13.2. The van der Waals surface area contributed by atoms with E-state index in [9.17, 15) is 13.6 Å². The van der Waals surface area contributed by atoms with Gasteiger partial charge < -0.3 is 18.9 Å². The summed E-state index contributed by atoms with van der Waals surface area (Å²) in [6, 6.07) is 2.74. The molecule has 1 saturated heterocycles. The van der Waals surface area contributed by atoms with Crippen molar-refractivity contribution >= 4 is 17.4 Å². The Labute approximate surface area is 183 Å². The quantitative estimate of drug-likeness (QED) is 0.614. The third-order valence-electron chi connectivity index (χ3n) is 5.75. The van der Waals surface area contributed by atoms with Crippen LogP contribution in [0.5, 0.6) is 17.2 Å². The van der Waals surface area contributed by atoms with Crippen molar-refractivity contribution in [2.24, 2.45) is 5.41 Å². The van der Waals surface area contributed by atoms with Gasteiger partial charge in [0.25, 0.3) is 0 Å². The summed E-state index contributed by atoms with van der Waals surface area (Å²) >= 11 is 6.22. The molecule has 1 aromatic heterocycles. The van der Waals surface area contributed by atoms with Crippen LogP contribution >= 0.6 is 11.6 Å². The maximum absolute atomic E-state index is 13.2. The van der Waals surface area contributed by atoms with Crippen LogP contribution in [0.25, 0.3) is 0 Å². The second-order valence-electron chi connectivity index (χ2n) is 7.85. The predicted octanol–water partition coefficient (Wildman–Crippen LogP) is 4.64. The minimum absolute atomic E-state index is 0.0109. The van der Waals surface area contributed by atoms with E-state index in [-0.39, 0.29) is 53.6 Å². The highest BCUT2D eigenvalue weighted by Crippen LogP contribution is 2.46. The number of aryl methyl sites for hydroxylation is 1. The van der Waals surface area contributed by atoms with E-state index in [0.29, 0.717) is 36.6 Å². The van der Waals surface area contributed by atoms with E-state index in [0.717, 1.165) is 5.56 Å². The van der Waals surface area contributed by atoms with Crippen molar-refractivity contribution in [1.29, 1.82) is 0 Å². The summed E-state index contributed by atoms with van der Waals surface area (Å²) in [6.45, 7) is 0.459. The third kappa shape index (κ3) is 4.60. The standard InChI is InChI=1S/C22H22ClF2NO5/c1-13-9-26-10-16(23)15(13)8-17(27)14-2-3-18(31-21(24)25)20-19(14)29-11-22(12-30-20)4-6-28-7-5-22/h2-3,9-10,21H,4-8,11-12H2,1H3. The number of aromatic nitrogens is 1. The van der Waals surface area contributed by atoms with E-state index in [1.165, 1.54) is 18.3 Å². The van der Waals surface area contributed by atoms with Gasteiger partial charge in [-0.2, -0.15) is 8.78 Å². The summed E-state index contributed by atoms with van der Waals surface area (Å²) in [5, 5.41) is 0.385. The molecule has 2 aliphatic heterocycles. The molecule has 0 aliphatic carbocycles. The van der Waals surface area contributed by atoms with Crippen molar-refractivity contribution in [3.8, 4) is 17.2 Å². The number of carbonyl (C=O) groups is 1. The molecule has 0 radical (unpaired) electrons. The van der Waals surface area contributed by atoms with Crippen molar-refractivity contribution in [2.45, 2.75) is 32.8 Å². The first-order valence-corrected chi connectivity index (χ1v) is 10.3. The number of pyridine rings is 1. The average Bonchev–Trinajstić information content (AvgIpc) is 2.92. The first-order valence-electron chi connectivity index (χ1n) is 9.96. The zero-order chi connectivity index (χ0) is 22.0. The van der Waals surface area contributed by atoms with E-state index in [1.54, 1.807) is 6.20 Å². The maximum Gasteiger partial charge on any atom is 0.387 e. The van der Waals surface area contributed by atoms with Gasteiger partial charge in [0.15, 0.2) is 17.3 Å². The molecule has 2 aliphatic rings. The summed E-state index contributed by atoms with van der Waals surface area (Å²) < 4.78 is 48.0. The Morgan fingerprint density at radius 1 is 1.19 bits per heavy atom. The summed E-state index contributed by atoms with van der Waals surface area (Å²) in [5.41, 5.74) is 1.35. The molecule has 0 bridgehead atoms. The van der Waals surface area contributed by atoms with Crippen LogP contribution < -0.4 is 14.2 Å². The smallest absolute Gasteiger partial charge is 0.387 e. The summed E-state index contributed by atoms with van der Waals surface area (Å²) in [5.74, 6) is -0.298. The number of halogens is 3. The highest BCUT2D eigenvalue weighted by molar-refractivity contribution is 6.31. The molecule has 2 aromatic rings. The predicted molar refractivity (Wildman–Crippen MR) is 109 cm³/mol. The first-order chi connectivity index (χ1) is 14.9. The van der Waals surface area contributed by atoms with Crippen molar-refractivity contribution in [1.82, 2.24) is 4.98 Å². The third-order valence-corrected chi connectivity index (χ3v) is 6.07. The summed E-state index contributed by atoms with van der Waals surface area (Å²) in [6.07, 6.45) is 4.54. The molecule has 3 heterocycles. The van der Waals surface area contributed by atoms with Crippen LogP contribution in [0.4, 0.5) is 8.78 Å². The Morgan fingerprint density at radius 2 is 1.90 bits per heavy atom. The fourth-order valence-electron chi connectivity index (χ4n) is 3.86. The van der Waals surface area contributed by atoms with Crippen LogP contribution in [0.3, 0.4) is 0 Å². The lowest BCUT2D eigenvalue weighted by Gasteiger charge is -2.34. The number of nitrogens with zero attached hydrogens (tertiary/aromatic N) is 1. The highest BCUT2D eigenvalue weighted by Gasteiger charge is 2.39. The highest BCUT2D eigenvalue weighted by atomic mass is 35.5. The molecular formula is C22H22ClF2NO5. The lowest BCUT2D eigenvalue weighted by atomic mass is 9.82. The Morgan fingerprint density at radius 3 is 2.58 bits per heavy atom. The molecule has 0 unspecified atom stereocenters. The molecule has 1 aromatic carbocycles. The Balaban J connectivity index is 1.69. The molecule has 4 rings (SSSR count). The zero-order valence-electron chi connectivity index (χ0n) is 17.0. The number of carbonyl (C=O) groups excluding carboxylic acids is 1. The van der Waals surface area contributed by atoms with Crippen LogP contribution in [-0.2, 0) is 11.2 Å². The number of hydrogen-bond donors (Lipinski definition) is 0. The Hall–Kier alpha value is -2.45. The van der Waals surface area contributed by atoms with E-state index >= 15 is 0 Å². The fraction of sp³-hybridized carbons (Fsp3) is 0.455. The Kier molecular flexibility index (Phi) is 6.29. The average molecular weight is 454 g/mol. The van der Waals surface area contributed by atoms with Crippen LogP contribution in [-0.4, -0.2) is 43.8 Å². The molecule has 0 amide bonds. The lowest BCUT2D eigenvalue weighted by molar-refractivity contribution is -0.0526. The van der Waals surface area contributed by atoms with Crippen molar-refractivity contribution < 1.29 is 32.5 Å². The normalized spacial score (nSPS) is 17.5. The van der Waals surface area contributed by atoms with Crippen molar-refractivity contribution in [2.75, 3.05) is 26.4 Å². The first kappa shape index (κ1) is 21.8. The minimum atomic E-state index is -3.03. The van der Waals surface area contributed by atoms with Crippen molar-refractivity contribution in [3.63, 3.8) is 0 Å². The summed E-state index contributed by atoms with van der Waals surface area (Å²) in [7, 11) is 0. The number of benzene rings is 1. The molecule has 0 N–H and O–H groups in total. The lowest BCUT2D eigenvalue weighted by Crippen LogP contribution is -2.39. The number of ether oxygens (including phenoxy) is 4. The number of rotatable bonds is 5. The zero-order valence-corrected chi connectivity index (χ0v) is 17.7. The summed E-state index contributed by atoms with van der Waals surface area (Å²) in [4.78, 5) is 17.2. The molecule has 1 spiro atoms. The van der Waals surface area contributed by atoms with E-state index in [1.807, 2.05) is 6.92 Å². The van der Waals surface area contributed by atoms with Gasteiger partial charge in [-0.3, -0.25) is 9.78 Å². The van der Waals surface area contributed by atoms with Crippen LogP contribution in [0.1, 0.15) is 34.3 Å². The van der Waals surface area contributed by atoms with Gasteiger partial charge in [-0.05, 0) is 43.0 Å². The SMILES string of the molecule is Cc1cncc(Cl)c1CC(=O)c1ccc(OC(F)F)c2c1OCC1(CCOCC1)CO2. The number of ketones is 1. The van der Waals surface area contributed by atoms with E-state index in [2.05, 4.69) is 9.72 Å². The topological polar surface area (TPSA) is 66.9 Å². The number of fused-ring (bicyclic) bond motifs is 1. The molecule has 9 heteroatoms. The van der Waals surface area contributed by atoms with Crippen LogP contribution in [0.2, 0.25) is 5.02 Å².